The van der Waals surface area contributed by atoms with Gasteiger partial charge in [-0.3, -0.25) is 24.2 Å². The van der Waals surface area contributed by atoms with Crippen molar-refractivity contribution in [2.75, 3.05) is 6.54 Å². The Morgan fingerprint density at radius 2 is 1.45 bits per heavy atom. The molecule has 1 heterocycles. The number of amides is 4. The molecule has 3 rings (SSSR count). The van der Waals surface area contributed by atoms with Crippen LogP contribution in [0.4, 0.5) is 0 Å². The average molecular weight is 652 g/mol. The van der Waals surface area contributed by atoms with Crippen molar-refractivity contribution in [3.63, 3.8) is 0 Å². The summed E-state index contributed by atoms with van der Waals surface area (Å²) < 4.78 is 0. The number of aromatic hydroxyl groups is 1. The molecular formula is C31H41N9O7. The van der Waals surface area contributed by atoms with Crippen molar-refractivity contribution in [1.82, 2.24) is 20.9 Å². The van der Waals surface area contributed by atoms with Crippen LogP contribution in [0.2, 0.25) is 0 Å². The molecule has 0 aliphatic carbocycles. The molecule has 16 nitrogen and oxygen atoms in total. The van der Waals surface area contributed by atoms with Crippen LogP contribution in [0, 0.1) is 0 Å². The van der Waals surface area contributed by atoms with Crippen molar-refractivity contribution in [2.45, 2.75) is 62.7 Å². The second-order valence-corrected chi connectivity index (χ2v) is 11.0. The topological polar surface area (TPSA) is 294 Å². The van der Waals surface area contributed by atoms with Gasteiger partial charge in [-0.1, -0.05) is 30.3 Å². The third-order valence-electron chi connectivity index (χ3n) is 7.33. The fourth-order valence-corrected chi connectivity index (χ4v) is 4.85. The minimum Gasteiger partial charge on any atom is -0.508 e. The highest BCUT2D eigenvalue weighted by atomic mass is 16.4. The predicted octanol–water partition coefficient (Wildman–Crippen LogP) is -1.16. The highest BCUT2D eigenvalue weighted by molar-refractivity contribution is 5.95. The molecule has 252 valence electrons. The molecule has 4 atom stereocenters. The molecule has 0 spiro atoms. The van der Waals surface area contributed by atoms with Crippen LogP contribution in [-0.4, -0.2) is 81.5 Å². The van der Waals surface area contributed by atoms with Crippen LogP contribution in [0.1, 0.15) is 36.8 Å². The Morgan fingerprint density at radius 1 is 0.809 bits per heavy atom. The summed E-state index contributed by atoms with van der Waals surface area (Å²) in [6.45, 7) is 0.130. The number of hydrogen-bond donors (Lipinski definition) is 10. The van der Waals surface area contributed by atoms with Gasteiger partial charge in [0.25, 0.3) is 0 Å². The summed E-state index contributed by atoms with van der Waals surface area (Å²) in [5.74, 6) is -4.56. The number of para-hydroxylation sites is 1. The molecule has 4 unspecified atom stereocenters. The first-order valence-corrected chi connectivity index (χ1v) is 14.9. The third kappa shape index (κ3) is 11.3. The van der Waals surface area contributed by atoms with Crippen LogP contribution in [-0.2, 0) is 36.8 Å². The van der Waals surface area contributed by atoms with E-state index in [9.17, 15) is 34.2 Å². The number of fused-ring (bicyclic) bond motifs is 1. The number of nitrogens with one attached hydrogen (secondary N) is 4. The standard InChI is InChI=1S/C31H41N9O7/c32-21(15-18-16-37-22-5-2-1-4-20(18)22)27(43)40-25(14-17-7-9-19(41)10-8-17)29(45)38-23(11-12-26(33)42)28(44)39-24(30(46)47)6-3-13-36-31(34)35/h1-2,4-5,7-10,16,21,23-25,37,41H,3,6,11-15,32H2,(H2,33,42)(H,38,45)(H,39,44)(H,40,43)(H,46,47)(H4,34,35,36). The van der Waals surface area contributed by atoms with Crippen LogP contribution in [0.5, 0.6) is 5.75 Å². The molecule has 0 aliphatic heterocycles. The van der Waals surface area contributed by atoms with Gasteiger partial charge in [-0.05, 0) is 55.0 Å². The third-order valence-corrected chi connectivity index (χ3v) is 7.33. The van der Waals surface area contributed by atoms with Gasteiger partial charge in [0.2, 0.25) is 23.6 Å². The number of carbonyl (C=O) groups excluding carboxylic acids is 4. The zero-order valence-electron chi connectivity index (χ0n) is 25.6. The molecule has 3 aromatic rings. The van der Waals surface area contributed by atoms with Gasteiger partial charge in [-0.15, -0.1) is 0 Å². The number of carboxylic acids is 1. The lowest BCUT2D eigenvalue weighted by Gasteiger charge is -2.25. The summed E-state index contributed by atoms with van der Waals surface area (Å²) in [6.07, 6.45) is 1.52. The van der Waals surface area contributed by atoms with Crippen LogP contribution < -0.4 is 38.9 Å². The quantitative estimate of drug-likeness (QED) is 0.0447. The van der Waals surface area contributed by atoms with E-state index in [2.05, 4.69) is 25.9 Å². The number of hydrogen-bond acceptors (Lipinski definition) is 8. The molecule has 16 heteroatoms. The minimum absolute atomic E-state index is 0.00555. The van der Waals surface area contributed by atoms with Gasteiger partial charge < -0.3 is 54.1 Å². The van der Waals surface area contributed by atoms with Gasteiger partial charge in [0.05, 0.1) is 6.04 Å². The van der Waals surface area contributed by atoms with Crippen LogP contribution >= 0.6 is 0 Å². The first-order valence-electron chi connectivity index (χ1n) is 14.9. The van der Waals surface area contributed by atoms with Gasteiger partial charge in [-0.25, -0.2) is 4.79 Å². The summed E-state index contributed by atoms with van der Waals surface area (Å²) in [5.41, 5.74) is 24.4. The monoisotopic (exact) mass is 651 g/mol. The largest absolute Gasteiger partial charge is 0.508 e. The maximum absolute atomic E-state index is 13.6. The number of aliphatic imine (C=N–C) groups is 1. The van der Waals surface area contributed by atoms with E-state index in [1.807, 2.05) is 24.3 Å². The molecule has 4 amide bonds. The summed E-state index contributed by atoms with van der Waals surface area (Å²) >= 11 is 0. The predicted molar refractivity (Wildman–Crippen MR) is 174 cm³/mol. The number of nitrogens with zero attached hydrogens (tertiary/aromatic N) is 1. The lowest BCUT2D eigenvalue weighted by atomic mass is 10.0. The van der Waals surface area contributed by atoms with Gasteiger partial charge in [-0.2, -0.15) is 0 Å². The Kier molecular flexibility index (Phi) is 13.1. The highest BCUT2D eigenvalue weighted by Gasteiger charge is 2.31. The van der Waals surface area contributed by atoms with Crippen molar-refractivity contribution < 1.29 is 34.2 Å². The van der Waals surface area contributed by atoms with Crippen LogP contribution in [0.25, 0.3) is 10.9 Å². The fourth-order valence-electron chi connectivity index (χ4n) is 4.85. The molecule has 47 heavy (non-hydrogen) atoms. The van der Waals surface area contributed by atoms with E-state index < -0.39 is 53.8 Å². The smallest absolute Gasteiger partial charge is 0.326 e. The number of carbonyl (C=O) groups is 5. The van der Waals surface area contributed by atoms with E-state index in [-0.39, 0.29) is 56.8 Å². The summed E-state index contributed by atoms with van der Waals surface area (Å²) in [7, 11) is 0. The molecule has 14 N–H and O–H groups in total. The second-order valence-electron chi connectivity index (χ2n) is 11.0. The Morgan fingerprint density at radius 3 is 2.11 bits per heavy atom. The Balaban J connectivity index is 1.78. The number of aromatic amines is 1. The van der Waals surface area contributed by atoms with E-state index >= 15 is 0 Å². The van der Waals surface area contributed by atoms with E-state index in [1.165, 1.54) is 12.1 Å². The maximum atomic E-state index is 13.6. The van der Waals surface area contributed by atoms with Crippen molar-refractivity contribution >= 4 is 46.5 Å². The number of aromatic nitrogens is 1. The van der Waals surface area contributed by atoms with Gasteiger partial charge in [0, 0.05) is 36.5 Å². The molecule has 0 fully saturated rings. The molecule has 0 bridgehead atoms. The SMILES string of the molecule is NC(=O)CCC(NC(=O)C(Cc1ccc(O)cc1)NC(=O)C(N)Cc1c[nH]c2ccccc12)C(=O)NC(CCCN=C(N)N)C(=O)O. The lowest BCUT2D eigenvalue weighted by Crippen LogP contribution is -2.57. The van der Waals surface area contributed by atoms with Crippen molar-refractivity contribution in [3.05, 3.63) is 65.9 Å². The van der Waals surface area contributed by atoms with E-state index in [0.29, 0.717) is 5.56 Å². The number of guanidine groups is 1. The van der Waals surface area contributed by atoms with Crippen molar-refractivity contribution in [2.24, 2.45) is 27.9 Å². The minimum atomic E-state index is -1.38. The van der Waals surface area contributed by atoms with Gasteiger partial charge in [0.15, 0.2) is 5.96 Å². The number of rotatable bonds is 18. The molecule has 2 aromatic carbocycles. The van der Waals surface area contributed by atoms with E-state index in [1.54, 1.807) is 18.3 Å². The number of phenols is 1. The Bertz CT molecular complexity index is 1590. The molecular weight excluding hydrogens is 610 g/mol. The van der Waals surface area contributed by atoms with Crippen molar-refractivity contribution in [1.29, 1.82) is 0 Å². The molecule has 0 aliphatic rings. The number of benzene rings is 2. The second kappa shape index (κ2) is 17.2. The summed E-state index contributed by atoms with van der Waals surface area (Å²) in [6, 6.07) is 8.43. The van der Waals surface area contributed by atoms with E-state index in [0.717, 1.165) is 16.5 Å². The Labute approximate surface area is 270 Å². The lowest BCUT2D eigenvalue weighted by molar-refractivity contribution is -0.142. The van der Waals surface area contributed by atoms with Crippen LogP contribution in [0.15, 0.2) is 59.7 Å². The van der Waals surface area contributed by atoms with Gasteiger partial charge in [0.1, 0.15) is 23.9 Å². The number of carboxylic acid groups (broad SMARTS) is 1. The van der Waals surface area contributed by atoms with Gasteiger partial charge >= 0.3 is 5.97 Å². The fraction of sp³-hybridized carbons (Fsp3) is 0.355. The molecule has 1 aromatic heterocycles. The first-order chi connectivity index (χ1) is 22.3. The Hall–Kier alpha value is -5.64. The summed E-state index contributed by atoms with van der Waals surface area (Å²) in [4.78, 5) is 70.5. The first kappa shape index (κ1) is 35.8. The van der Waals surface area contributed by atoms with E-state index in [4.69, 9.17) is 22.9 Å². The zero-order chi connectivity index (χ0) is 34.5. The normalized spacial score (nSPS) is 13.5. The zero-order valence-corrected chi connectivity index (χ0v) is 25.6. The summed E-state index contributed by atoms with van der Waals surface area (Å²) in [5, 5.41) is 27.8. The highest BCUT2D eigenvalue weighted by Crippen LogP contribution is 2.19. The number of nitrogens with two attached hydrogens (primary N) is 4. The molecule has 0 saturated heterocycles. The van der Waals surface area contributed by atoms with Crippen molar-refractivity contribution in [3.8, 4) is 5.75 Å². The molecule has 0 saturated carbocycles. The molecule has 0 radical (unpaired) electrons. The number of H-pyrrole nitrogens is 1. The number of phenolic OH excluding ortho intramolecular Hbond substituents is 1. The average Bonchev–Trinajstić information content (AvgIpc) is 3.43. The maximum Gasteiger partial charge on any atom is 0.326 e. The number of aliphatic carboxylic acids is 1. The number of primary amides is 1. The van der Waals surface area contributed by atoms with Crippen LogP contribution in [0.3, 0.4) is 0 Å².